The first-order chi connectivity index (χ1) is 20.3. The molecule has 1 aliphatic heterocycles. The van der Waals surface area contributed by atoms with Crippen molar-refractivity contribution < 1.29 is 36.2 Å². The highest BCUT2D eigenvalue weighted by Gasteiger charge is 2.52. The zero-order valence-electron chi connectivity index (χ0n) is 23.5. The number of nitrogens with zero attached hydrogens (tertiary/aromatic N) is 4. The van der Waals surface area contributed by atoms with E-state index < -0.39 is 46.1 Å². The van der Waals surface area contributed by atoms with Crippen LogP contribution in [0, 0.1) is 23.0 Å². The minimum Gasteiger partial charge on any atom is -0.493 e. The van der Waals surface area contributed by atoms with Crippen LogP contribution in [0.1, 0.15) is 44.7 Å². The maximum Gasteiger partial charge on any atom is 0.420 e. The molecule has 0 radical (unpaired) electrons. The zero-order chi connectivity index (χ0) is 31.5. The fourth-order valence-corrected chi connectivity index (χ4v) is 5.18. The third-order valence-electron chi connectivity index (χ3n) is 6.81. The number of nitriles is 1. The van der Waals surface area contributed by atoms with E-state index in [-0.39, 0.29) is 22.1 Å². The molecule has 13 heteroatoms. The maximum atomic E-state index is 15.2. The molecule has 0 aliphatic carbocycles. The van der Waals surface area contributed by atoms with Gasteiger partial charge < -0.3 is 14.4 Å². The number of pyridine rings is 1. The standard InChI is InChI=1S/C30H27F5N4O3S/c1-4-41-13-5-6-14-42-20-9-10-21(22(31)15-20)23-11-8-19(17-37-23)39-28(43)38(27(40)29(39,2)3)24-12-7-18(16-36)25(26(24)32)30(33,34)35/h7-12,15,17H,4-6,13-14H2,1-3H3. The van der Waals surface area contributed by atoms with Crippen LogP contribution >= 0.6 is 12.2 Å². The summed E-state index contributed by atoms with van der Waals surface area (Å²) < 4.78 is 81.9. The van der Waals surface area contributed by atoms with Gasteiger partial charge in [0.1, 0.15) is 22.7 Å². The molecule has 0 spiro atoms. The molecule has 2 heterocycles. The summed E-state index contributed by atoms with van der Waals surface area (Å²) in [5.41, 5.74) is -4.17. The van der Waals surface area contributed by atoms with E-state index in [1.165, 1.54) is 55.3 Å². The van der Waals surface area contributed by atoms with Crippen LogP contribution in [0.2, 0.25) is 0 Å². The number of thiocarbonyl (C=S) groups is 1. The van der Waals surface area contributed by atoms with Gasteiger partial charge in [0.15, 0.2) is 10.9 Å². The molecule has 226 valence electrons. The maximum absolute atomic E-state index is 15.2. The number of amides is 1. The molecule has 0 unspecified atom stereocenters. The molecule has 4 rings (SSSR count). The average molecular weight is 619 g/mol. The minimum atomic E-state index is -5.19. The third-order valence-corrected chi connectivity index (χ3v) is 7.18. The minimum absolute atomic E-state index is 0.190. The van der Waals surface area contributed by atoms with Gasteiger partial charge in [-0.3, -0.25) is 14.7 Å². The monoisotopic (exact) mass is 618 g/mol. The van der Waals surface area contributed by atoms with Gasteiger partial charge in [0.25, 0.3) is 5.91 Å². The number of rotatable bonds is 10. The Morgan fingerprint density at radius 3 is 2.40 bits per heavy atom. The molecule has 1 fully saturated rings. The molecule has 0 atom stereocenters. The summed E-state index contributed by atoms with van der Waals surface area (Å²) >= 11 is 5.44. The van der Waals surface area contributed by atoms with Gasteiger partial charge in [-0.15, -0.1) is 0 Å². The van der Waals surface area contributed by atoms with Crippen LogP contribution in [0.15, 0.2) is 48.7 Å². The summed E-state index contributed by atoms with van der Waals surface area (Å²) in [4.78, 5) is 19.7. The topological polar surface area (TPSA) is 78.7 Å². The highest BCUT2D eigenvalue weighted by Crippen LogP contribution is 2.42. The number of halogens is 5. The largest absolute Gasteiger partial charge is 0.493 e. The number of hydrogen-bond donors (Lipinski definition) is 0. The number of ether oxygens (including phenoxy) is 2. The predicted molar refractivity (Wildman–Crippen MR) is 154 cm³/mol. The number of anilines is 2. The van der Waals surface area contributed by atoms with Crippen molar-refractivity contribution in [2.45, 2.75) is 45.3 Å². The van der Waals surface area contributed by atoms with Crippen molar-refractivity contribution in [3.05, 3.63) is 71.4 Å². The second kappa shape index (κ2) is 12.6. The van der Waals surface area contributed by atoms with Gasteiger partial charge >= 0.3 is 6.18 Å². The van der Waals surface area contributed by atoms with Crippen molar-refractivity contribution in [2.75, 3.05) is 29.6 Å². The van der Waals surface area contributed by atoms with Gasteiger partial charge in [-0.2, -0.15) is 18.4 Å². The Kier molecular flexibility index (Phi) is 9.32. The second-order valence-corrected chi connectivity index (χ2v) is 10.4. The number of aromatic nitrogens is 1. The van der Waals surface area contributed by atoms with Crippen LogP contribution < -0.4 is 14.5 Å². The Labute approximate surface area is 250 Å². The van der Waals surface area contributed by atoms with Crippen LogP contribution in [0.5, 0.6) is 5.75 Å². The molecular weight excluding hydrogens is 591 g/mol. The van der Waals surface area contributed by atoms with Crippen molar-refractivity contribution in [1.29, 1.82) is 5.26 Å². The Bertz CT molecular complexity index is 1570. The highest BCUT2D eigenvalue weighted by molar-refractivity contribution is 7.81. The molecule has 1 saturated heterocycles. The molecular formula is C30H27F5N4O3S. The number of hydrogen-bond acceptors (Lipinski definition) is 6. The Balaban J connectivity index is 1.57. The second-order valence-electron chi connectivity index (χ2n) is 10.0. The van der Waals surface area contributed by atoms with Gasteiger partial charge in [0.2, 0.25) is 0 Å². The van der Waals surface area contributed by atoms with Crippen LogP contribution in [0.3, 0.4) is 0 Å². The Morgan fingerprint density at radius 1 is 1.07 bits per heavy atom. The molecule has 7 nitrogen and oxygen atoms in total. The van der Waals surface area contributed by atoms with Crippen LogP contribution in [0.25, 0.3) is 11.3 Å². The zero-order valence-corrected chi connectivity index (χ0v) is 24.3. The first-order valence-electron chi connectivity index (χ1n) is 13.3. The molecule has 1 amide bonds. The van der Waals surface area contributed by atoms with Crippen LogP contribution in [-0.4, -0.2) is 41.4 Å². The van der Waals surface area contributed by atoms with E-state index in [9.17, 15) is 22.4 Å². The normalized spacial score (nSPS) is 14.8. The van der Waals surface area contributed by atoms with Crippen LogP contribution in [-0.2, 0) is 15.7 Å². The van der Waals surface area contributed by atoms with Crippen LogP contribution in [0.4, 0.5) is 33.3 Å². The third kappa shape index (κ3) is 6.30. The van der Waals surface area contributed by atoms with Crippen molar-refractivity contribution in [3.63, 3.8) is 0 Å². The fraction of sp³-hybridized carbons (Fsp3) is 0.333. The van der Waals surface area contributed by atoms with E-state index in [2.05, 4.69) is 4.98 Å². The van der Waals surface area contributed by atoms with Crippen molar-refractivity contribution in [2.24, 2.45) is 0 Å². The van der Waals surface area contributed by atoms with E-state index in [0.717, 1.165) is 25.0 Å². The molecule has 43 heavy (non-hydrogen) atoms. The molecule has 1 aliphatic rings. The summed E-state index contributed by atoms with van der Waals surface area (Å²) in [6, 6.07) is 10.4. The lowest BCUT2D eigenvalue weighted by atomic mass is 10.0. The first-order valence-corrected chi connectivity index (χ1v) is 13.7. The Hall–Kier alpha value is -4.15. The van der Waals surface area contributed by atoms with Gasteiger partial charge in [-0.25, -0.2) is 8.78 Å². The number of carbonyl (C=O) groups excluding carboxylic acids is 1. The van der Waals surface area contributed by atoms with E-state index in [1.807, 2.05) is 6.92 Å². The number of carbonyl (C=O) groups is 1. The molecule has 3 aromatic rings. The lowest BCUT2D eigenvalue weighted by Gasteiger charge is -2.29. The van der Waals surface area contributed by atoms with E-state index in [0.29, 0.717) is 30.5 Å². The van der Waals surface area contributed by atoms with E-state index >= 15 is 4.39 Å². The smallest absolute Gasteiger partial charge is 0.420 e. The van der Waals surface area contributed by atoms with E-state index in [4.69, 9.17) is 27.0 Å². The highest BCUT2D eigenvalue weighted by atomic mass is 32.1. The molecule has 0 bridgehead atoms. The quantitative estimate of drug-likeness (QED) is 0.137. The molecule has 2 aromatic carbocycles. The van der Waals surface area contributed by atoms with Gasteiger partial charge in [0.05, 0.1) is 41.5 Å². The molecule has 0 saturated carbocycles. The Morgan fingerprint density at radius 2 is 1.79 bits per heavy atom. The average Bonchev–Trinajstić information content (AvgIpc) is 3.13. The predicted octanol–water partition coefficient (Wildman–Crippen LogP) is 7.03. The summed E-state index contributed by atoms with van der Waals surface area (Å²) in [5, 5.41) is 8.78. The number of alkyl halides is 3. The summed E-state index contributed by atoms with van der Waals surface area (Å²) in [6.45, 7) is 6.54. The molecule has 1 aromatic heterocycles. The van der Waals surface area contributed by atoms with Crippen molar-refractivity contribution >= 4 is 34.6 Å². The van der Waals surface area contributed by atoms with Crippen molar-refractivity contribution in [1.82, 2.24) is 4.98 Å². The van der Waals surface area contributed by atoms with E-state index in [1.54, 1.807) is 6.07 Å². The van der Waals surface area contributed by atoms with Gasteiger partial charge in [-0.05, 0) is 82.2 Å². The fourth-order valence-electron chi connectivity index (χ4n) is 4.66. The number of benzene rings is 2. The van der Waals surface area contributed by atoms with Crippen molar-refractivity contribution in [3.8, 4) is 23.1 Å². The summed E-state index contributed by atoms with van der Waals surface area (Å²) in [7, 11) is 0. The molecule has 0 N–H and O–H groups in total. The van der Waals surface area contributed by atoms with Gasteiger partial charge in [0, 0.05) is 24.8 Å². The summed E-state index contributed by atoms with van der Waals surface area (Å²) in [5.74, 6) is -2.79. The summed E-state index contributed by atoms with van der Waals surface area (Å²) in [6.07, 6.45) is -2.28. The van der Waals surface area contributed by atoms with Gasteiger partial charge in [-0.1, -0.05) is 0 Å². The lowest BCUT2D eigenvalue weighted by Crippen LogP contribution is -2.44. The number of unbranched alkanes of at least 4 members (excludes halogenated alkanes) is 1. The SMILES string of the molecule is CCOCCCCOc1ccc(-c2ccc(N3C(=S)N(c4ccc(C#N)c(C(F)(F)F)c4F)C(=O)C3(C)C)cn2)c(F)c1. The first kappa shape index (κ1) is 31.8. The lowest BCUT2D eigenvalue weighted by molar-refractivity contribution is -0.140.